The fraction of sp³-hybridized carbons (Fsp3) is 0.136. The Morgan fingerprint density at radius 3 is 2.67 bits per heavy atom. The van der Waals surface area contributed by atoms with E-state index < -0.39 is 0 Å². The van der Waals surface area contributed by atoms with E-state index in [4.69, 9.17) is 0 Å². The molecule has 0 spiro atoms. The summed E-state index contributed by atoms with van der Waals surface area (Å²) in [6.45, 7) is 3.91. The van der Waals surface area contributed by atoms with Crippen molar-refractivity contribution in [1.82, 2.24) is 30.0 Å². The van der Waals surface area contributed by atoms with Crippen LogP contribution in [0.5, 0.6) is 0 Å². The molecule has 0 radical (unpaired) electrons. The second-order valence-corrected chi connectivity index (χ2v) is 6.83. The maximum Gasteiger partial charge on any atom is 0.261 e. The maximum absolute atomic E-state index is 12.2. The van der Waals surface area contributed by atoms with Crippen molar-refractivity contribution in [2.75, 3.05) is 0 Å². The number of carbonyl (C=O) groups excluding carboxylic acids is 1. The molecule has 0 saturated heterocycles. The summed E-state index contributed by atoms with van der Waals surface area (Å²) in [5.41, 5.74) is 7.64. The standard InChI is InChI=1S/C22H21N7O/c1-16-11-17(2)28(26-16)15-21(30)25-24-13-19-14-29(20-8-4-3-5-9-20)27-22(19)18-7-6-10-23-12-18/h3-14H,15H2,1-2H3,(H,25,30)/b24-13+. The number of benzene rings is 1. The molecular formula is C22H21N7O. The van der Waals surface area contributed by atoms with Crippen LogP contribution in [0.15, 0.2) is 72.2 Å². The SMILES string of the molecule is Cc1cc(C)n(CC(=O)N/N=C/c2cn(-c3ccccc3)nc2-c2cccnc2)n1. The average Bonchev–Trinajstić information content (AvgIpc) is 3.32. The normalized spacial score (nSPS) is 11.1. The van der Waals surface area contributed by atoms with E-state index >= 15 is 0 Å². The Kier molecular flexibility index (Phi) is 5.47. The fourth-order valence-electron chi connectivity index (χ4n) is 3.10. The van der Waals surface area contributed by atoms with Crippen LogP contribution in [0.1, 0.15) is 17.0 Å². The van der Waals surface area contributed by atoms with E-state index in [1.165, 1.54) is 0 Å². The van der Waals surface area contributed by atoms with Gasteiger partial charge >= 0.3 is 0 Å². The average molecular weight is 399 g/mol. The molecule has 3 aromatic heterocycles. The minimum atomic E-state index is -0.254. The van der Waals surface area contributed by atoms with E-state index in [0.717, 1.165) is 33.9 Å². The molecular weight excluding hydrogens is 378 g/mol. The number of amides is 1. The van der Waals surface area contributed by atoms with Crippen LogP contribution in [-0.2, 0) is 11.3 Å². The van der Waals surface area contributed by atoms with Gasteiger partial charge in [0, 0.05) is 35.4 Å². The van der Waals surface area contributed by atoms with Gasteiger partial charge in [-0.2, -0.15) is 15.3 Å². The van der Waals surface area contributed by atoms with Crippen LogP contribution in [0.4, 0.5) is 0 Å². The number of nitrogens with one attached hydrogen (secondary N) is 1. The number of carbonyl (C=O) groups is 1. The molecule has 3 heterocycles. The summed E-state index contributed by atoms with van der Waals surface area (Å²) in [5.74, 6) is -0.254. The smallest absolute Gasteiger partial charge is 0.261 e. The van der Waals surface area contributed by atoms with E-state index in [-0.39, 0.29) is 12.5 Å². The summed E-state index contributed by atoms with van der Waals surface area (Å²) in [6.07, 6.45) is 6.92. The lowest BCUT2D eigenvalue weighted by atomic mass is 10.1. The number of hydrazone groups is 1. The Bertz CT molecular complexity index is 1180. The van der Waals surface area contributed by atoms with Gasteiger partial charge in [-0.15, -0.1) is 0 Å². The van der Waals surface area contributed by atoms with Crippen LogP contribution < -0.4 is 5.43 Å². The Morgan fingerprint density at radius 1 is 1.13 bits per heavy atom. The molecule has 0 bridgehead atoms. The third-order valence-electron chi connectivity index (χ3n) is 4.49. The van der Waals surface area contributed by atoms with Crippen molar-refractivity contribution in [3.8, 4) is 16.9 Å². The van der Waals surface area contributed by atoms with Crippen molar-refractivity contribution in [3.63, 3.8) is 0 Å². The highest BCUT2D eigenvalue weighted by molar-refractivity contribution is 5.89. The first kappa shape index (κ1) is 19.3. The Balaban J connectivity index is 1.55. The van der Waals surface area contributed by atoms with Crippen molar-refractivity contribution in [2.24, 2.45) is 5.10 Å². The number of nitrogens with zero attached hydrogens (tertiary/aromatic N) is 6. The topological polar surface area (TPSA) is 90.0 Å². The monoisotopic (exact) mass is 399 g/mol. The van der Waals surface area contributed by atoms with Gasteiger partial charge in [-0.3, -0.25) is 14.5 Å². The van der Waals surface area contributed by atoms with Gasteiger partial charge in [0.25, 0.3) is 5.91 Å². The Morgan fingerprint density at radius 2 is 1.97 bits per heavy atom. The lowest BCUT2D eigenvalue weighted by Gasteiger charge is -2.02. The summed E-state index contributed by atoms with van der Waals surface area (Å²) in [5, 5.41) is 13.1. The van der Waals surface area contributed by atoms with Crippen molar-refractivity contribution in [2.45, 2.75) is 20.4 Å². The molecule has 4 aromatic rings. The summed E-state index contributed by atoms with van der Waals surface area (Å²) in [7, 11) is 0. The summed E-state index contributed by atoms with van der Waals surface area (Å²) in [6, 6.07) is 15.5. The lowest BCUT2D eigenvalue weighted by Crippen LogP contribution is -2.24. The van der Waals surface area contributed by atoms with Gasteiger partial charge in [0.1, 0.15) is 12.2 Å². The van der Waals surface area contributed by atoms with Gasteiger partial charge in [0.15, 0.2) is 0 Å². The molecule has 0 fully saturated rings. The molecule has 0 unspecified atom stereocenters. The van der Waals surface area contributed by atoms with Crippen LogP contribution in [0, 0.1) is 13.8 Å². The quantitative estimate of drug-likeness (QED) is 0.399. The molecule has 0 aliphatic carbocycles. The van der Waals surface area contributed by atoms with E-state index in [1.807, 2.05) is 68.6 Å². The highest BCUT2D eigenvalue weighted by Crippen LogP contribution is 2.21. The highest BCUT2D eigenvalue weighted by atomic mass is 16.2. The van der Waals surface area contributed by atoms with Crippen LogP contribution in [0.2, 0.25) is 0 Å². The molecule has 0 aliphatic heterocycles. The Labute approximate surface area is 173 Å². The first-order chi connectivity index (χ1) is 14.6. The number of aromatic nitrogens is 5. The molecule has 8 heteroatoms. The third kappa shape index (κ3) is 4.33. The molecule has 8 nitrogen and oxygen atoms in total. The highest BCUT2D eigenvalue weighted by Gasteiger charge is 2.12. The van der Waals surface area contributed by atoms with Crippen LogP contribution in [0.25, 0.3) is 16.9 Å². The second-order valence-electron chi connectivity index (χ2n) is 6.83. The number of rotatable bonds is 6. The van der Waals surface area contributed by atoms with E-state index in [9.17, 15) is 4.79 Å². The zero-order valence-corrected chi connectivity index (χ0v) is 16.7. The van der Waals surface area contributed by atoms with E-state index in [1.54, 1.807) is 28.0 Å². The molecule has 1 amide bonds. The largest absolute Gasteiger partial charge is 0.271 e. The molecule has 0 atom stereocenters. The second kappa shape index (κ2) is 8.52. The third-order valence-corrected chi connectivity index (χ3v) is 4.49. The maximum atomic E-state index is 12.2. The van der Waals surface area contributed by atoms with Gasteiger partial charge in [-0.05, 0) is 44.2 Å². The molecule has 4 rings (SSSR count). The summed E-state index contributed by atoms with van der Waals surface area (Å²) < 4.78 is 3.43. The van der Waals surface area contributed by atoms with Gasteiger partial charge in [0.05, 0.1) is 17.6 Å². The number of para-hydroxylation sites is 1. The number of pyridine rings is 1. The molecule has 1 N–H and O–H groups in total. The van der Waals surface area contributed by atoms with Gasteiger partial charge < -0.3 is 0 Å². The van der Waals surface area contributed by atoms with E-state index in [2.05, 4.69) is 25.7 Å². The first-order valence-electron chi connectivity index (χ1n) is 9.48. The minimum absolute atomic E-state index is 0.107. The molecule has 0 saturated carbocycles. The van der Waals surface area contributed by atoms with Gasteiger partial charge in [-0.25, -0.2) is 10.1 Å². The molecule has 30 heavy (non-hydrogen) atoms. The summed E-state index contributed by atoms with van der Waals surface area (Å²) >= 11 is 0. The number of hydrogen-bond donors (Lipinski definition) is 1. The molecule has 150 valence electrons. The van der Waals surface area contributed by atoms with Gasteiger partial charge in [0.2, 0.25) is 0 Å². The number of aryl methyl sites for hydroxylation is 2. The van der Waals surface area contributed by atoms with Crippen LogP contribution in [-0.4, -0.2) is 36.7 Å². The van der Waals surface area contributed by atoms with Crippen molar-refractivity contribution >= 4 is 12.1 Å². The zero-order valence-electron chi connectivity index (χ0n) is 16.7. The fourth-order valence-corrected chi connectivity index (χ4v) is 3.10. The van der Waals surface area contributed by atoms with Crippen molar-refractivity contribution in [1.29, 1.82) is 0 Å². The van der Waals surface area contributed by atoms with Gasteiger partial charge in [-0.1, -0.05) is 18.2 Å². The summed E-state index contributed by atoms with van der Waals surface area (Å²) in [4.78, 5) is 16.4. The van der Waals surface area contributed by atoms with E-state index in [0.29, 0.717) is 0 Å². The molecule has 1 aromatic carbocycles. The predicted molar refractivity (Wildman–Crippen MR) is 114 cm³/mol. The van der Waals surface area contributed by atoms with Crippen LogP contribution >= 0.6 is 0 Å². The number of hydrogen-bond acceptors (Lipinski definition) is 5. The zero-order chi connectivity index (χ0) is 20.9. The lowest BCUT2D eigenvalue weighted by molar-refractivity contribution is -0.121. The predicted octanol–water partition coefficient (Wildman–Crippen LogP) is 2.90. The van der Waals surface area contributed by atoms with Crippen molar-refractivity contribution < 1.29 is 4.79 Å². The Hall–Kier alpha value is -4.07. The molecule has 0 aliphatic rings. The van der Waals surface area contributed by atoms with Crippen LogP contribution in [0.3, 0.4) is 0 Å². The first-order valence-corrected chi connectivity index (χ1v) is 9.48. The van der Waals surface area contributed by atoms with Crippen molar-refractivity contribution in [3.05, 3.63) is 84.1 Å². The minimum Gasteiger partial charge on any atom is -0.271 e.